The molecule has 0 fully saturated rings. The third kappa shape index (κ3) is 2.44. The van der Waals surface area contributed by atoms with E-state index in [-0.39, 0.29) is 6.42 Å². The fraction of sp³-hybridized carbons (Fsp3) is 0.333. The number of nitrogens with zero attached hydrogens (tertiary/aromatic N) is 2. The minimum Gasteiger partial charge on any atom is -0.481 e. The summed E-state index contributed by atoms with van der Waals surface area (Å²) in [7, 11) is 1.81. The van der Waals surface area contributed by atoms with Crippen molar-refractivity contribution < 1.29 is 14.6 Å². The van der Waals surface area contributed by atoms with Crippen LogP contribution >= 0.6 is 0 Å². The summed E-state index contributed by atoms with van der Waals surface area (Å²) in [5.41, 5.74) is 5.01. The summed E-state index contributed by atoms with van der Waals surface area (Å²) >= 11 is 0. The van der Waals surface area contributed by atoms with Crippen LogP contribution in [-0.4, -0.2) is 27.5 Å². The van der Waals surface area contributed by atoms with Crippen molar-refractivity contribution in [3.8, 4) is 11.1 Å². The van der Waals surface area contributed by atoms with Crippen LogP contribution in [0.3, 0.4) is 0 Å². The molecule has 0 saturated heterocycles. The molecule has 1 aliphatic rings. The highest BCUT2D eigenvalue weighted by Crippen LogP contribution is 2.27. The van der Waals surface area contributed by atoms with Crippen molar-refractivity contribution in [2.45, 2.75) is 19.4 Å². The van der Waals surface area contributed by atoms with E-state index in [4.69, 9.17) is 9.84 Å². The maximum Gasteiger partial charge on any atom is 0.309 e. The normalized spacial score (nSPS) is 14.1. The summed E-state index contributed by atoms with van der Waals surface area (Å²) in [6.07, 6.45) is 2.72. The second kappa shape index (κ2) is 5.09. The lowest BCUT2D eigenvalue weighted by Gasteiger charge is -2.17. The zero-order valence-electron chi connectivity index (χ0n) is 11.3. The molecule has 2 heterocycles. The monoisotopic (exact) mass is 272 g/mol. The summed E-state index contributed by atoms with van der Waals surface area (Å²) in [5.74, 6) is -0.865. The minimum absolute atomic E-state index is 0.0592. The average molecular weight is 272 g/mol. The number of rotatable bonds is 3. The Bertz CT molecular complexity index is 661. The van der Waals surface area contributed by atoms with Crippen LogP contribution in [0.25, 0.3) is 11.1 Å². The first-order valence-electron chi connectivity index (χ1n) is 6.58. The Balaban J connectivity index is 2.02. The smallest absolute Gasteiger partial charge is 0.309 e. The van der Waals surface area contributed by atoms with Crippen molar-refractivity contribution in [3.05, 3.63) is 41.2 Å². The van der Waals surface area contributed by atoms with Crippen molar-refractivity contribution in [2.75, 3.05) is 6.61 Å². The lowest BCUT2D eigenvalue weighted by atomic mass is 9.96. The topological polar surface area (TPSA) is 64.3 Å². The molecule has 5 nitrogen and oxygen atoms in total. The molecule has 0 spiro atoms. The fourth-order valence-corrected chi connectivity index (χ4v) is 2.58. The van der Waals surface area contributed by atoms with Crippen molar-refractivity contribution in [2.24, 2.45) is 7.05 Å². The molecule has 0 unspecified atom stereocenters. The maximum atomic E-state index is 10.9. The van der Waals surface area contributed by atoms with Gasteiger partial charge in [0, 0.05) is 18.8 Å². The Morgan fingerprint density at radius 2 is 2.30 bits per heavy atom. The molecule has 1 N–H and O–H groups in total. The van der Waals surface area contributed by atoms with Crippen molar-refractivity contribution in [3.63, 3.8) is 0 Å². The van der Waals surface area contributed by atoms with Gasteiger partial charge in [-0.25, -0.2) is 0 Å². The highest BCUT2D eigenvalue weighted by Gasteiger charge is 2.16. The second-order valence-corrected chi connectivity index (χ2v) is 5.02. The number of carboxylic acids is 1. The molecule has 1 aliphatic heterocycles. The molecule has 20 heavy (non-hydrogen) atoms. The van der Waals surface area contributed by atoms with Crippen LogP contribution in [0.1, 0.15) is 16.8 Å². The zero-order valence-corrected chi connectivity index (χ0v) is 11.3. The summed E-state index contributed by atoms with van der Waals surface area (Å²) in [4.78, 5) is 10.9. The first-order valence-corrected chi connectivity index (χ1v) is 6.58. The van der Waals surface area contributed by atoms with Gasteiger partial charge in [0.1, 0.15) is 0 Å². The van der Waals surface area contributed by atoms with E-state index in [2.05, 4.69) is 17.2 Å². The van der Waals surface area contributed by atoms with Gasteiger partial charge in [0.2, 0.25) is 0 Å². The molecule has 0 amide bonds. The third-order valence-corrected chi connectivity index (χ3v) is 3.51. The van der Waals surface area contributed by atoms with Crippen molar-refractivity contribution >= 4 is 5.97 Å². The van der Waals surface area contributed by atoms with E-state index in [0.29, 0.717) is 12.3 Å². The number of benzene rings is 1. The molecular formula is C15H16N2O3. The van der Waals surface area contributed by atoms with E-state index in [1.807, 2.05) is 12.3 Å². The number of fused-ring (bicyclic) bond motifs is 1. The fourth-order valence-electron chi connectivity index (χ4n) is 2.58. The van der Waals surface area contributed by atoms with Crippen LogP contribution in [0.15, 0.2) is 24.4 Å². The Hall–Kier alpha value is -2.14. The first-order chi connectivity index (χ1) is 9.63. The average Bonchev–Trinajstić information content (AvgIpc) is 2.78. The van der Waals surface area contributed by atoms with Crippen LogP contribution in [0.5, 0.6) is 0 Å². The van der Waals surface area contributed by atoms with Gasteiger partial charge >= 0.3 is 5.97 Å². The van der Waals surface area contributed by atoms with Crippen molar-refractivity contribution in [1.82, 2.24) is 9.78 Å². The molecule has 0 saturated carbocycles. The predicted molar refractivity (Wildman–Crippen MR) is 73.3 cm³/mol. The molecule has 3 rings (SSSR count). The van der Waals surface area contributed by atoms with Gasteiger partial charge < -0.3 is 9.84 Å². The lowest BCUT2D eigenvalue weighted by molar-refractivity contribution is -0.136. The Labute approximate surface area is 116 Å². The Morgan fingerprint density at radius 1 is 1.45 bits per heavy atom. The molecule has 0 aliphatic carbocycles. The number of aliphatic carboxylic acids is 1. The number of carboxylic acid groups (broad SMARTS) is 1. The van der Waals surface area contributed by atoms with E-state index in [1.54, 1.807) is 11.7 Å². The largest absolute Gasteiger partial charge is 0.481 e. The minimum atomic E-state index is -0.865. The quantitative estimate of drug-likeness (QED) is 0.925. The molecule has 0 radical (unpaired) electrons. The molecule has 0 atom stereocenters. The van der Waals surface area contributed by atoms with Gasteiger partial charge in [-0.3, -0.25) is 9.48 Å². The summed E-state index contributed by atoms with van der Waals surface area (Å²) in [5, 5.41) is 13.2. The number of ether oxygens (including phenoxy) is 1. The van der Waals surface area contributed by atoms with Gasteiger partial charge in [-0.15, -0.1) is 0 Å². The van der Waals surface area contributed by atoms with E-state index >= 15 is 0 Å². The van der Waals surface area contributed by atoms with Crippen LogP contribution in [0.2, 0.25) is 0 Å². The van der Waals surface area contributed by atoms with Crippen molar-refractivity contribution in [1.29, 1.82) is 0 Å². The third-order valence-electron chi connectivity index (χ3n) is 3.51. The predicted octanol–water partition coefficient (Wildman–Crippen LogP) is 1.79. The van der Waals surface area contributed by atoms with Gasteiger partial charge in [-0.05, 0) is 23.1 Å². The van der Waals surface area contributed by atoms with Gasteiger partial charge in [0.25, 0.3) is 0 Å². The summed E-state index contributed by atoms with van der Waals surface area (Å²) < 4.78 is 7.09. The van der Waals surface area contributed by atoms with E-state index in [1.165, 1.54) is 11.1 Å². The molecule has 2 aromatic rings. The van der Waals surface area contributed by atoms with E-state index < -0.39 is 5.97 Å². The van der Waals surface area contributed by atoms with Crippen LogP contribution in [-0.2, 0) is 36.0 Å². The standard InChI is InChI=1S/C15H16N2O3/c1-17-8-13(14(16-17)7-15(18)19)11-2-3-12-9-20-5-4-10(12)6-11/h2-3,6,8H,4-5,7,9H2,1H3,(H,18,19). The number of carbonyl (C=O) groups is 1. The number of aromatic nitrogens is 2. The Kier molecular flexibility index (Phi) is 3.28. The maximum absolute atomic E-state index is 10.9. The van der Waals surface area contributed by atoms with Crippen LogP contribution in [0.4, 0.5) is 0 Å². The first kappa shape index (κ1) is 12.9. The van der Waals surface area contributed by atoms with E-state index in [9.17, 15) is 4.79 Å². The molecule has 0 bridgehead atoms. The SMILES string of the molecule is Cn1cc(-c2ccc3c(c2)CCOC3)c(CC(=O)O)n1. The van der Waals surface area contributed by atoms with Gasteiger partial charge in [-0.1, -0.05) is 18.2 Å². The van der Waals surface area contributed by atoms with Gasteiger partial charge in [0.05, 0.1) is 25.3 Å². The highest BCUT2D eigenvalue weighted by molar-refractivity contribution is 5.75. The van der Waals surface area contributed by atoms with Gasteiger partial charge in [-0.2, -0.15) is 5.10 Å². The molecular weight excluding hydrogens is 256 g/mol. The molecule has 5 heteroatoms. The number of hydrogen-bond acceptors (Lipinski definition) is 3. The summed E-state index contributed by atoms with van der Waals surface area (Å²) in [6, 6.07) is 6.19. The number of aryl methyl sites for hydroxylation is 1. The summed E-state index contributed by atoms with van der Waals surface area (Å²) in [6.45, 7) is 1.40. The molecule has 1 aromatic heterocycles. The highest BCUT2D eigenvalue weighted by atomic mass is 16.5. The zero-order chi connectivity index (χ0) is 14.1. The van der Waals surface area contributed by atoms with Gasteiger partial charge in [0.15, 0.2) is 0 Å². The van der Waals surface area contributed by atoms with Crippen LogP contribution < -0.4 is 0 Å². The second-order valence-electron chi connectivity index (χ2n) is 5.02. The van der Waals surface area contributed by atoms with E-state index in [0.717, 1.165) is 24.2 Å². The molecule has 1 aromatic carbocycles. The lowest BCUT2D eigenvalue weighted by Crippen LogP contribution is -2.09. The number of hydrogen-bond donors (Lipinski definition) is 1. The van der Waals surface area contributed by atoms with Crippen LogP contribution in [0, 0.1) is 0 Å². The molecule has 104 valence electrons. The Morgan fingerprint density at radius 3 is 3.10 bits per heavy atom.